The van der Waals surface area contributed by atoms with Crippen LogP contribution in [0, 0.1) is 12.8 Å². The predicted octanol–water partition coefficient (Wildman–Crippen LogP) is 2.87. The summed E-state index contributed by atoms with van der Waals surface area (Å²) < 4.78 is 24.7. The summed E-state index contributed by atoms with van der Waals surface area (Å²) in [6.07, 6.45) is 4.72. The van der Waals surface area contributed by atoms with Crippen LogP contribution in [0.1, 0.15) is 42.9 Å². The van der Waals surface area contributed by atoms with Gasteiger partial charge in [0, 0.05) is 16.8 Å². The first kappa shape index (κ1) is 16.9. The molecule has 0 aliphatic heterocycles. The highest BCUT2D eigenvalue weighted by Gasteiger charge is 2.34. The van der Waals surface area contributed by atoms with Crippen molar-refractivity contribution in [3.8, 4) is 0 Å². The van der Waals surface area contributed by atoms with E-state index >= 15 is 0 Å². The zero-order valence-electron chi connectivity index (χ0n) is 12.5. The third-order valence-corrected chi connectivity index (χ3v) is 6.77. The van der Waals surface area contributed by atoms with Crippen molar-refractivity contribution in [2.75, 3.05) is 6.26 Å². The molecule has 0 heterocycles. The van der Waals surface area contributed by atoms with E-state index in [-0.39, 0.29) is 17.2 Å². The maximum atomic E-state index is 11.8. The van der Waals surface area contributed by atoms with Crippen LogP contribution in [0.15, 0.2) is 22.7 Å². The molecule has 1 fully saturated rings. The molecule has 3 N–H and O–H groups in total. The monoisotopic (exact) mass is 374 g/mol. The van der Waals surface area contributed by atoms with Gasteiger partial charge in [0.1, 0.15) is 9.84 Å². The fourth-order valence-electron chi connectivity index (χ4n) is 3.25. The standard InChI is InChI=1S/C15H23BrN2O2S/c1-10-6-7-14(16)13(8-10)15(18-17)11-4-3-5-12(9-11)21(2,19)20/h6-8,11-12,15,18H,3-5,9,17H2,1-2H3. The second kappa shape index (κ2) is 6.77. The topological polar surface area (TPSA) is 72.2 Å². The van der Waals surface area contributed by atoms with Crippen molar-refractivity contribution in [3.63, 3.8) is 0 Å². The molecular weight excluding hydrogens is 352 g/mol. The number of aryl methyl sites for hydroxylation is 1. The van der Waals surface area contributed by atoms with Gasteiger partial charge >= 0.3 is 0 Å². The van der Waals surface area contributed by atoms with E-state index in [1.807, 2.05) is 19.1 Å². The van der Waals surface area contributed by atoms with Crippen LogP contribution in [0.5, 0.6) is 0 Å². The number of hydrogen-bond acceptors (Lipinski definition) is 4. The molecule has 0 bridgehead atoms. The van der Waals surface area contributed by atoms with Gasteiger partial charge in [-0.2, -0.15) is 0 Å². The molecule has 1 aromatic carbocycles. The SMILES string of the molecule is Cc1ccc(Br)c(C(NN)C2CCCC(S(C)(=O)=O)C2)c1. The molecule has 0 saturated heterocycles. The molecule has 0 amide bonds. The molecule has 1 aromatic rings. The Kier molecular flexibility index (Phi) is 5.46. The smallest absolute Gasteiger partial charge is 0.150 e. The Morgan fingerprint density at radius 1 is 1.38 bits per heavy atom. The minimum absolute atomic E-state index is 0.0242. The molecule has 0 spiro atoms. The average molecular weight is 375 g/mol. The van der Waals surface area contributed by atoms with Gasteiger partial charge in [0.25, 0.3) is 0 Å². The van der Waals surface area contributed by atoms with Gasteiger partial charge in [-0.15, -0.1) is 0 Å². The minimum Gasteiger partial charge on any atom is -0.271 e. The maximum absolute atomic E-state index is 11.8. The molecular formula is C15H23BrN2O2S. The zero-order chi connectivity index (χ0) is 15.6. The number of rotatable bonds is 4. The van der Waals surface area contributed by atoms with Crippen molar-refractivity contribution >= 4 is 25.8 Å². The number of halogens is 1. The first-order chi connectivity index (χ1) is 9.82. The summed E-state index contributed by atoms with van der Waals surface area (Å²) in [6, 6.07) is 6.15. The number of benzene rings is 1. The predicted molar refractivity (Wildman–Crippen MR) is 89.5 cm³/mol. The second-order valence-electron chi connectivity index (χ2n) is 6.05. The number of nitrogens with two attached hydrogens (primary N) is 1. The summed E-state index contributed by atoms with van der Waals surface area (Å²) in [4.78, 5) is 0. The van der Waals surface area contributed by atoms with Gasteiger partial charge in [-0.05, 0) is 43.7 Å². The minimum atomic E-state index is -2.98. The van der Waals surface area contributed by atoms with Gasteiger partial charge in [0.15, 0.2) is 0 Å². The van der Waals surface area contributed by atoms with E-state index in [1.165, 1.54) is 11.8 Å². The number of nitrogens with one attached hydrogen (secondary N) is 1. The fraction of sp³-hybridized carbons (Fsp3) is 0.600. The molecule has 0 radical (unpaired) electrons. The molecule has 1 aliphatic carbocycles. The zero-order valence-corrected chi connectivity index (χ0v) is 14.9. The van der Waals surface area contributed by atoms with Crippen LogP contribution in [0.2, 0.25) is 0 Å². The Hall–Kier alpha value is -0.430. The van der Waals surface area contributed by atoms with Crippen molar-refractivity contribution in [1.29, 1.82) is 0 Å². The van der Waals surface area contributed by atoms with E-state index in [0.29, 0.717) is 6.42 Å². The summed E-state index contributed by atoms with van der Waals surface area (Å²) >= 11 is 3.58. The molecule has 118 valence electrons. The fourth-order valence-corrected chi connectivity index (χ4v) is 4.94. The van der Waals surface area contributed by atoms with Crippen LogP contribution in [-0.2, 0) is 9.84 Å². The van der Waals surface area contributed by atoms with E-state index in [0.717, 1.165) is 29.3 Å². The lowest BCUT2D eigenvalue weighted by Crippen LogP contribution is -2.38. The Balaban J connectivity index is 2.27. The third-order valence-electron chi connectivity index (χ3n) is 4.41. The highest BCUT2D eigenvalue weighted by Crippen LogP contribution is 2.38. The molecule has 2 rings (SSSR count). The largest absolute Gasteiger partial charge is 0.271 e. The van der Waals surface area contributed by atoms with Crippen LogP contribution < -0.4 is 11.3 Å². The number of sulfone groups is 1. The molecule has 0 aromatic heterocycles. The lowest BCUT2D eigenvalue weighted by Gasteiger charge is -2.34. The van der Waals surface area contributed by atoms with Crippen LogP contribution in [-0.4, -0.2) is 19.9 Å². The lowest BCUT2D eigenvalue weighted by molar-refractivity contribution is 0.274. The number of hydrazine groups is 1. The first-order valence-corrected chi connectivity index (χ1v) is 9.98. The van der Waals surface area contributed by atoms with Gasteiger partial charge in [0.05, 0.1) is 5.25 Å². The molecule has 4 nitrogen and oxygen atoms in total. The van der Waals surface area contributed by atoms with Crippen molar-refractivity contribution in [2.45, 2.75) is 43.9 Å². The van der Waals surface area contributed by atoms with Gasteiger partial charge in [-0.1, -0.05) is 40.0 Å². The van der Waals surface area contributed by atoms with Crippen molar-refractivity contribution in [1.82, 2.24) is 5.43 Å². The first-order valence-electron chi connectivity index (χ1n) is 7.24. The molecule has 3 unspecified atom stereocenters. The summed E-state index contributed by atoms with van der Waals surface area (Å²) in [5.41, 5.74) is 5.18. The lowest BCUT2D eigenvalue weighted by atomic mass is 9.81. The van der Waals surface area contributed by atoms with Crippen LogP contribution in [0.25, 0.3) is 0 Å². The summed E-state index contributed by atoms with van der Waals surface area (Å²) in [5, 5.41) is -0.240. The maximum Gasteiger partial charge on any atom is 0.150 e. The molecule has 21 heavy (non-hydrogen) atoms. The molecule has 1 aliphatic rings. The quantitative estimate of drug-likeness (QED) is 0.627. The number of hydrogen-bond donors (Lipinski definition) is 2. The van der Waals surface area contributed by atoms with Gasteiger partial charge in [0.2, 0.25) is 0 Å². The molecule has 1 saturated carbocycles. The summed E-state index contributed by atoms with van der Waals surface area (Å²) in [5.74, 6) is 6.03. The highest BCUT2D eigenvalue weighted by molar-refractivity contribution is 9.10. The molecule has 6 heteroatoms. The van der Waals surface area contributed by atoms with E-state index in [9.17, 15) is 8.42 Å². The highest BCUT2D eigenvalue weighted by atomic mass is 79.9. The normalized spacial score (nSPS) is 24.8. The van der Waals surface area contributed by atoms with Crippen molar-refractivity contribution < 1.29 is 8.42 Å². The second-order valence-corrected chi connectivity index (χ2v) is 9.23. The average Bonchev–Trinajstić information content (AvgIpc) is 2.43. The van der Waals surface area contributed by atoms with Crippen LogP contribution in [0.3, 0.4) is 0 Å². The van der Waals surface area contributed by atoms with Gasteiger partial charge in [-0.3, -0.25) is 11.3 Å². The Morgan fingerprint density at radius 2 is 2.10 bits per heavy atom. The van der Waals surface area contributed by atoms with Gasteiger partial charge < -0.3 is 0 Å². The Bertz CT molecular complexity index is 604. The third kappa shape index (κ3) is 4.06. The van der Waals surface area contributed by atoms with Crippen LogP contribution >= 0.6 is 15.9 Å². The summed E-state index contributed by atoms with van der Waals surface area (Å²) in [6.45, 7) is 2.05. The van der Waals surface area contributed by atoms with Crippen LogP contribution in [0.4, 0.5) is 0 Å². The van der Waals surface area contributed by atoms with E-state index in [2.05, 4.69) is 27.4 Å². The van der Waals surface area contributed by atoms with E-state index in [1.54, 1.807) is 0 Å². The van der Waals surface area contributed by atoms with Gasteiger partial charge in [-0.25, -0.2) is 8.42 Å². The van der Waals surface area contributed by atoms with Crippen molar-refractivity contribution in [2.24, 2.45) is 11.8 Å². The molecule has 3 atom stereocenters. The Labute approximate surface area is 135 Å². The summed E-state index contributed by atoms with van der Waals surface area (Å²) in [7, 11) is -2.98. The van der Waals surface area contributed by atoms with Crippen molar-refractivity contribution in [3.05, 3.63) is 33.8 Å². The van der Waals surface area contributed by atoms with E-state index < -0.39 is 9.84 Å². The van der Waals surface area contributed by atoms with E-state index in [4.69, 9.17) is 5.84 Å². The Morgan fingerprint density at radius 3 is 2.71 bits per heavy atom.